The van der Waals surface area contributed by atoms with E-state index in [-0.39, 0.29) is 27.5 Å². The summed E-state index contributed by atoms with van der Waals surface area (Å²) in [7, 11) is -4.59. The van der Waals surface area contributed by atoms with Crippen LogP contribution in [0.2, 0.25) is 0 Å². The van der Waals surface area contributed by atoms with E-state index in [0.717, 1.165) is 0 Å². The number of carboxylic acids is 1. The van der Waals surface area contributed by atoms with E-state index in [2.05, 4.69) is 0 Å². The number of carboxylic acid groups (broad SMARTS) is 1. The van der Waals surface area contributed by atoms with Crippen LogP contribution in [0.1, 0.15) is 15.9 Å². The van der Waals surface area contributed by atoms with Gasteiger partial charge >= 0.3 is 5.97 Å². The number of rotatable bonds is 2. The van der Waals surface area contributed by atoms with Gasteiger partial charge in [0.1, 0.15) is 10.5 Å². The smallest absolute Gasteiger partial charge is 0.335 e. The minimum atomic E-state index is -4.59. The molecule has 0 aliphatic heterocycles. The molecule has 0 unspecified atom stereocenters. The van der Waals surface area contributed by atoms with Crippen molar-refractivity contribution in [3.05, 3.63) is 51.7 Å². The third-order valence-corrected chi connectivity index (χ3v) is 4.26. The zero-order valence-electron chi connectivity index (χ0n) is 11.7. The second kappa shape index (κ2) is 4.90. The summed E-state index contributed by atoms with van der Waals surface area (Å²) in [5.74, 6) is -1.20. The average molecular weight is 334 g/mol. The van der Waals surface area contributed by atoms with Crippen molar-refractivity contribution < 1.29 is 27.3 Å². The molecule has 0 bridgehead atoms. The normalized spacial score (nSPS) is 11.9. The van der Waals surface area contributed by atoms with Crippen molar-refractivity contribution in [1.29, 1.82) is 0 Å². The molecule has 118 valence electrons. The van der Waals surface area contributed by atoms with Crippen LogP contribution in [0.4, 0.5) is 0 Å². The Morgan fingerprint density at radius 3 is 2.43 bits per heavy atom. The molecule has 0 saturated heterocycles. The Morgan fingerprint density at radius 2 is 1.83 bits per heavy atom. The van der Waals surface area contributed by atoms with Crippen molar-refractivity contribution in [2.24, 2.45) is 0 Å². The largest absolute Gasteiger partial charge is 0.478 e. The molecular weight excluding hydrogens is 324 g/mol. The Kier molecular flexibility index (Phi) is 3.24. The van der Waals surface area contributed by atoms with E-state index in [1.54, 1.807) is 6.92 Å². The molecule has 0 amide bonds. The zero-order valence-corrected chi connectivity index (χ0v) is 12.5. The Bertz CT molecular complexity index is 1140. The summed E-state index contributed by atoms with van der Waals surface area (Å²) in [6.07, 6.45) is 0. The first-order valence-electron chi connectivity index (χ1n) is 6.40. The van der Waals surface area contributed by atoms with Crippen molar-refractivity contribution in [3.63, 3.8) is 0 Å². The van der Waals surface area contributed by atoms with Gasteiger partial charge in [-0.1, -0.05) is 0 Å². The van der Waals surface area contributed by atoms with Gasteiger partial charge in [0, 0.05) is 0 Å². The van der Waals surface area contributed by atoms with Crippen molar-refractivity contribution in [2.75, 3.05) is 0 Å². The molecule has 3 aromatic rings. The summed E-state index contributed by atoms with van der Waals surface area (Å²) in [5.41, 5.74) is -0.462. The van der Waals surface area contributed by atoms with Gasteiger partial charge in [0.15, 0.2) is 5.58 Å². The number of benzene rings is 2. The predicted octanol–water partition coefficient (Wildman–Crippen LogP) is 2.20. The van der Waals surface area contributed by atoms with Gasteiger partial charge in [-0.05, 0) is 42.8 Å². The molecule has 0 saturated carbocycles. The molecule has 0 fully saturated rings. The SMILES string of the molecule is Cc1cc(S(=O)(=O)O)c2oc3ccc(C(=O)O)cc3c(=O)c2c1. The first-order chi connectivity index (χ1) is 10.7. The zero-order chi connectivity index (χ0) is 16.9. The fraction of sp³-hybridized carbons (Fsp3) is 0.0667. The molecule has 1 heterocycles. The van der Waals surface area contributed by atoms with Gasteiger partial charge in [-0.3, -0.25) is 9.35 Å². The van der Waals surface area contributed by atoms with E-state index in [1.165, 1.54) is 30.3 Å². The Labute approximate surface area is 129 Å². The molecule has 0 atom stereocenters. The molecule has 23 heavy (non-hydrogen) atoms. The number of hydrogen-bond donors (Lipinski definition) is 2. The topological polar surface area (TPSA) is 122 Å². The summed E-state index contributed by atoms with van der Waals surface area (Å²) < 4.78 is 37.8. The lowest BCUT2D eigenvalue weighted by molar-refractivity contribution is 0.0697. The van der Waals surface area contributed by atoms with Crippen LogP contribution in [0, 0.1) is 6.92 Å². The second-order valence-electron chi connectivity index (χ2n) is 5.06. The van der Waals surface area contributed by atoms with Crippen molar-refractivity contribution in [1.82, 2.24) is 0 Å². The minimum absolute atomic E-state index is 0.0179. The third-order valence-electron chi connectivity index (χ3n) is 3.40. The van der Waals surface area contributed by atoms with Crippen molar-refractivity contribution in [2.45, 2.75) is 11.8 Å². The number of carbonyl (C=O) groups is 1. The molecule has 1 aromatic heterocycles. The molecule has 2 N–H and O–H groups in total. The van der Waals surface area contributed by atoms with E-state index in [1.807, 2.05) is 0 Å². The van der Waals surface area contributed by atoms with Crippen LogP contribution in [0.3, 0.4) is 0 Å². The van der Waals surface area contributed by atoms with E-state index in [0.29, 0.717) is 5.56 Å². The van der Waals surface area contributed by atoms with Gasteiger partial charge in [0.05, 0.1) is 16.3 Å². The van der Waals surface area contributed by atoms with Crippen LogP contribution in [0.5, 0.6) is 0 Å². The summed E-state index contributed by atoms with van der Waals surface area (Å²) in [4.78, 5) is 23.1. The average Bonchev–Trinajstić information content (AvgIpc) is 2.46. The predicted molar refractivity (Wildman–Crippen MR) is 81.5 cm³/mol. The molecule has 3 rings (SSSR count). The fourth-order valence-corrected chi connectivity index (χ4v) is 3.11. The molecule has 0 radical (unpaired) electrons. The molecular formula is C15H10O7S. The van der Waals surface area contributed by atoms with E-state index >= 15 is 0 Å². The van der Waals surface area contributed by atoms with E-state index in [4.69, 9.17) is 9.52 Å². The van der Waals surface area contributed by atoms with Crippen LogP contribution in [-0.4, -0.2) is 24.0 Å². The van der Waals surface area contributed by atoms with Gasteiger partial charge < -0.3 is 9.52 Å². The Balaban J connectivity index is 2.56. The summed E-state index contributed by atoms with van der Waals surface area (Å²) in [6, 6.07) is 6.28. The van der Waals surface area contributed by atoms with Gasteiger partial charge in [-0.2, -0.15) is 8.42 Å². The van der Waals surface area contributed by atoms with E-state index in [9.17, 15) is 22.6 Å². The summed E-state index contributed by atoms with van der Waals surface area (Å²) in [5, 5.41) is 8.97. The summed E-state index contributed by atoms with van der Waals surface area (Å²) in [6.45, 7) is 1.56. The maximum atomic E-state index is 12.6. The lowest BCUT2D eigenvalue weighted by Crippen LogP contribution is -2.08. The standard InChI is InChI=1S/C15H10O7S/c1-7-4-10-13(16)9-6-8(15(17)18)2-3-11(9)22-14(10)12(5-7)23(19,20)21/h2-6H,1H3,(H,17,18)(H,19,20,21). The number of aryl methyl sites for hydroxylation is 1. The van der Waals surface area contributed by atoms with Gasteiger partial charge in [-0.25, -0.2) is 4.79 Å². The Morgan fingerprint density at radius 1 is 1.13 bits per heavy atom. The highest BCUT2D eigenvalue weighted by molar-refractivity contribution is 7.86. The molecule has 0 aliphatic rings. The highest BCUT2D eigenvalue weighted by atomic mass is 32.2. The highest BCUT2D eigenvalue weighted by Gasteiger charge is 2.20. The van der Waals surface area contributed by atoms with E-state index < -0.39 is 26.4 Å². The first-order valence-corrected chi connectivity index (χ1v) is 7.84. The number of fused-ring (bicyclic) bond motifs is 2. The first kappa shape index (κ1) is 15.2. The molecule has 0 spiro atoms. The van der Waals surface area contributed by atoms with Crippen LogP contribution < -0.4 is 5.43 Å². The quantitative estimate of drug-likeness (QED) is 0.544. The summed E-state index contributed by atoms with van der Waals surface area (Å²) >= 11 is 0. The Hall–Kier alpha value is -2.71. The van der Waals surface area contributed by atoms with Crippen LogP contribution in [-0.2, 0) is 10.1 Å². The molecule has 2 aromatic carbocycles. The molecule has 0 aliphatic carbocycles. The monoisotopic (exact) mass is 334 g/mol. The molecule has 8 heteroatoms. The van der Waals surface area contributed by atoms with Crippen LogP contribution >= 0.6 is 0 Å². The van der Waals surface area contributed by atoms with Gasteiger partial charge in [0.25, 0.3) is 10.1 Å². The van der Waals surface area contributed by atoms with Crippen LogP contribution in [0.15, 0.2) is 44.4 Å². The maximum Gasteiger partial charge on any atom is 0.335 e. The van der Waals surface area contributed by atoms with Gasteiger partial charge in [-0.15, -0.1) is 0 Å². The highest BCUT2D eigenvalue weighted by Crippen LogP contribution is 2.26. The maximum absolute atomic E-state index is 12.6. The second-order valence-corrected chi connectivity index (χ2v) is 6.45. The van der Waals surface area contributed by atoms with Gasteiger partial charge in [0.2, 0.25) is 5.43 Å². The third kappa shape index (κ3) is 2.47. The van der Waals surface area contributed by atoms with Crippen molar-refractivity contribution >= 4 is 38.0 Å². The van der Waals surface area contributed by atoms with Crippen LogP contribution in [0.25, 0.3) is 21.9 Å². The number of aromatic carboxylic acids is 1. The fourth-order valence-electron chi connectivity index (χ4n) is 2.39. The van der Waals surface area contributed by atoms with Crippen molar-refractivity contribution in [3.8, 4) is 0 Å². The lowest BCUT2D eigenvalue weighted by Gasteiger charge is -2.07. The lowest BCUT2D eigenvalue weighted by atomic mass is 10.1. The molecule has 7 nitrogen and oxygen atoms in total. The number of hydrogen-bond acceptors (Lipinski definition) is 5. The minimum Gasteiger partial charge on any atom is -0.478 e.